The number of aromatic amines is 1. The van der Waals surface area contributed by atoms with Crippen LogP contribution in [0.2, 0.25) is 0 Å². The summed E-state index contributed by atoms with van der Waals surface area (Å²) in [6.45, 7) is 1.65. The summed E-state index contributed by atoms with van der Waals surface area (Å²) in [5.74, 6) is -1.65. The molecule has 7 heteroatoms. The first-order valence-corrected chi connectivity index (χ1v) is 10.1. The van der Waals surface area contributed by atoms with Gasteiger partial charge in [-0.1, -0.05) is 18.2 Å². The molecule has 1 aromatic heterocycles. The third-order valence-electron chi connectivity index (χ3n) is 5.90. The van der Waals surface area contributed by atoms with Crippen LogP contribution in [0.3, 0.4) is 0 Å². The fraction of sp³-hybridized carbons (Fsp3) is 0.292. The number of aromatic nitrogens is 1. The van der Waals surface area contributed by atoms with Crippen molar-refractivity contribution in [3.05, 3.63) is 59.8 Å². The maximum Gasteiger partial charge on any atom is 0.291 e. The molecule has 2 heterocycles. The number of Topliss-reactive ketones (excluding diaryl/α,β-unsaturated/α-hetero) is 2. The van der Waals surface area contributed by atoms with Crippen molar-refractivity contribution in [1.29, 1.82) is 0 Å². The van der Waals surface area contributed by atoms with Crippen LogP contribution in [0, 0.1) is 5.92 Å². The first-order chi connectivity index (χ1) is 15.0. The van der Waals surface area contributed by atoms with Crippen molar-refractivity contribution in [1.82, 2.24) is 9.88 Å². The molecule has 160 valence electrons. The maximum absolute atomic E-state index is 12.9. The van der Waals surface area contributed by atoms with E-state index in [-0.39, 0.29) is 5.78 Å². The van der Waals surface area contributed by atoms with Gasteiger partial charge in [0.2, 0.25) is 5.78 Å². The van der Waals surface area contributed by atoms with Crippen LogP contribution in [0.25, 0.3) is 10.9 Å². The van der Waals surface area contributed by atoms with Gasteiger partial charge in [-0.15, -0.1) is 0 Å². The number of H-pyrrole nitrogens is 1. The number of carbonyl (C=O) groups excluding carboxylic acids is 3. The van der Waals surface area contributed by atoms with E-state index in [1.54, 1.807) is 25.3 Å². The highest BCUT2D eigenvalue weighted by atomic mass is 16.5. The third kappa shape index (κ3) is 3.56. The second-order valence-electron chi connectivity index (χ2n) is 7.61. The number of para-hydroxylation sites is 1. The van der Waals surface area contributed by atoms with E-state index in [1.165, 1.54) is 18.9 Å². The Labute approximate surface area is 179 Å². The van der Waals surface area contributed by atoms with Crippen LogP contribution >= 0.6 is 0 Å². The van der Waals surface area contributed by atoms with Crippen molar-refractivity contribution < 1.29 is 23.9 Å². The van der Waals surface area contributed by atoms with Crippen LogP contribution in [0.4, 0.5) is 0 Å². The molecule has 0 bridgehead atoms. The monoisotopic (exact) mass is 420 g/mol. The molecule has 1 amide bonds. The predicted molar refractivity (Wildman–Crippen MR) is 115 cm³/mol. The molecule has 2 unspecified atom stereocenters. The molecule has 1 saturated heterocycles. The Hall–Kier alpha value is -3.61. The number of carbonyl (C=O) groups is 3. The number of nitrogens with one attached hydrogen (secondary N) is 1. The zero-order valence-electron chi connectivity index (χ0n) is 17.7. The number of rotatable bonds is 7. The molecule has 0 radical (unpaired) electrons. The van der Waals surface area contributed by atoms with Gasteiger partial charge in [-0.3, -0.25) is 14.4 Å². The van der Waals surface area contributed by atoms with Crippen LogP contribution in [-0.2, 0) is 20.8 Å². The minimum atomic E-state index is -1.06. The zero-order chi connectivity index (χ0) is 22.1. The fourth-order valence-electron chi connectivity index (χ4n) is 4.36. The molecule has 31 heavy (non-hydrogen) atoms. The number of benzene rings is 2. The summed E-state index contributed by atoms with van der Waals surface area (Å²) in [6.07, 6.45) is 2.46. The van der Waals surface area contributed by atoms with Crippen molar-refractivity contribution >= 4 is 28.4 Å². The van der Waals surface area contributed by atoms with E-state index in [9.17, 15) is 14.4 Å². The molecule has 1 fully saturated rings. The Kier molecular flexibility index (Phi) is 5.50. The third-order valence-corrected chi connectivity index (χ3v) is 5.90. The minimum absolute atomic E-state index is 0.302. The average Bonchev–Trinajstić information content (AvgIpc) is 3.30. The lowest BCUT2D eigenvalue weighted by molar-refractivity contribution is -0.142. The van der Waals surface area contributed by atoms with Crippen molar-refractivity contribution in [2.45, 2.75) is 19.4 Å². The van der Waals surface area contributed by atoms with Gasteiger partial charge >= 0.3 is 0 Å². The zero-order valence-corrected chi connectivity index (χ0v) is 17.7. The molecule has 1 aliphatic rings. The van der Waals surface area contributed by atoms with E-state index in [0.29, 0.717) is 30.0 Å². The molecule has 4 rings (SSSR count). The molecular weight excluding hydrogens is 396 g/mol. The molecule has 3 aromatic rings. The van der Waals surface area contributed by atoms with Gasteiger partial charge in [-0.25, -0.2) is 0 Å². The number of ether oxygens (including phenoxy) is 2. The highest BCUT2D eigenvalue weighted by Crippen LogP contribution is 2.42. The molecule has 0 aliphatic carbocycles. The molecule has 2 atom stereocenters. The van der Waals surface area contributed by atoms with E-state index >= 15 is 0 Å². The molecule has 1 aliphatic heterocycles. The SMILES string of the molecule is COc1ccc(C2C(C(C)=O)C(=O)C(=O)N2CCc2c[nH]c3ccccc23)c(OC)c1. The Morgan fingerprint density at radius 1 is 1.10 bits per heavy atom. The lowest BCUT2D eigenvalue weighted by Gasteiger charge is -2.28. The number of methoxy groups -OCH3 is 2. The smallest absolute Gasteiger partial charge is 0.291 e. The highest BCUT2D eigenvalue weighted by molar-refractivity contribution is 6.42. The summed E-state index contributed by atoms with van der Waals surface area (Å²) >= 11 is 0. The van der Waals surface area contributed by atoms with Gasteiger partial charge < -0.3 is 19.4 Å². The topological polar surface area (TPSA) is 88.7 Å². The summed E-state index contributed by atoms with van der Waals surface area (Å²) in [4.78, 5) is 42.8. The summed E-state index contributed by atoms with van der Waals surface area (Å²) in [5, 5.41) is 1.07. The number of ketones is 2. The van der Waals surface area contributed by atoms with E-state index in [0.717, 1.165) is 16.5 Å². The Bertz CT molecular complexity index is 1170. The average molecular weight is 420 g/mol. The predicted octanol–water partition coefficient (Wildman–Crippen LogP) is 3.09. The Morgan fingerprint density at radius 3 is 2.58 bits per heavy atom. The first kappa shape index (κ1) is 20.7. The minimum Gasteiger partial charge on any atom is -0.497 e. The molecule has 0 spiro atoms. The van der Waals surface area contributed by atoms with E-state index in [2.05, 4.69) is 4.98 Å². The van der Waals surface area contributed by atoms with Gasteiger partial charge in [0.1, 0.15) is 23.2 Å². The van der Waals surface area contributed by atoms with Crippen molar-refractivity contribution in [2.24, 2.45) is 5.92 Å². The summed E-state index contributed by atoms with van der Waals surface area (Å²) in [7, 11) is 3.05. The normalized spacial score (nSPS) is 18.6. The maximum atomic E-state index is 12.9. The van der Waals surface area contributed by atoms with Gasteiger partial charge in [0.25, 0.3) is 5.91 Å². The summed E-state index contributed by atoms with van der Waals surface area (Å²) < 4.78 is 10.8. The van der Waals surface area contributed by atoms with Gasteiger partial charge in [0.05, 0.1) is 20.3 Å². The van der Waals surface area contributed by atoms with E-state index in [1.807, 2.05) is 30.5 Å². The van der Waals surface area contributed by atoms with Crippen molar-refractivity contribution in [3.63, 3.8) is 0 Å². The highest BCUT2D eigenvalue weighted by Gasteiger charge is 2.50. The van der Waals surface area contributed by atoms with Crippen LogP contribution in [0.5, 0.6) is 11.5 Å². The van der Waals surface area contributed by atoms with Crippen molar-refractivity contribution in [3.8, 4) is 11.5 Å². The Balaban J connectivity index is 1.71. The van der Waals surface area contributed by atoms with Crippen LogP contribution in [-0.4, -0.2) is 48.1 Å². The molecule has 7 nitrogen and oxygen atoms in total. The standard InChI is InChI=1S/C24H24N2O5/c1-14(27)21-22(18-9-8-16(30-2)12-20(18)31-3)26(24(29)23(21)28)11-10-15-13-25-19-7-5-4-6-17(15)19/h4-9,12-13,21-22,25H,10-11H2,1-3H3. The van der Waals surface area contributed by atoms with E-state index < -0.39 is 23.7 Å². The van der Waals surface area contributed by atoms with E-state index in [4.69, 9.17) is 9.47 Å². The van der Waals surface area contributed by atoms with Gasteiger partial charge in [-0.2, -0.15) is 0 Å². The molecule has 0 saturated carbocycles. The summed E-state index contributed by atoms with van der Waals surface area (Å²) in [5.41, 5.74) is 2.67. The molecular formula is C24H24N2O5. The van der Waals surface area contributed by atoms with Crippen molar-refractivity contribution in [2.75, 3.05) is 20.8 Å². The molecule has 1 N–H and O–H groups in total. The summed E-state index contributed by atoms with van der Waals surface area (Å²) in [6, 6.07) is 12.4. The molecule has 2 aromatic carbocycles. The lowest BCUT2D eigenvalue weighted by Crippen LogP contribution is -2.32. The van der Waals surface area contributed by atoms with Crippen LogP contribution < -0.4 is 9.47 Å². The van der Waals surface area contributed by atoms with Gasteiger partial charge in [0.15, 0.2) is 0 Å². The second kappa shape index (κ2) is 8.26. The number of hydrogen-bond acceptors (Lipinski definition) is 5. The largest absolute Gasteiger partial charge is 0.497 e. The number of hydrogen-bond donors (Lipinski definition) is 1. The quantitative estimate of drug-likeness (QED) is 0.469. The second-order valence-corrected chi connectivity index (χ2v) is 7.61. The fourth-order valence-corrected chi connectivity index (χ4v) is 4.36. The number of nitrogens with zero attached hydrogens (tertiary/aromatic N) is 1. The van der Waals surface area contributed by atoms with Gasteiger partial charge in [-0.05, 0) is 37.1 Å². The van der Waals surface area contributed by atoms with Gasteiger partial charge in [0, 0.05) is 35.3 Å². The Morgan fingerprint density at radius 2 is 1.87 bits per heavy atom. The number of fused-ring (bicyclic) bond motifs is 1. The first-order valence-electron chi connectivity index (χ1n) is 10.1. The van der Waals surface area contributed by atoms with Crippen LogP contribution in [0.15, 0.2) is 48.7 Å². The number of amides is 1. The number of likely N-dealkylation sites (tertiary alicyclic amines) is 1. The van der Waals surface area contributed by atoms with Crippen LogP contribution in [0.1, 0.15) is 24.1 Å². The lowest BCUT2D eigenvalue weighted by atomic mass is 9.89.